The number of hydrogen-bond donors (Lipinski definition) is 5. The zero-order valence-corrected chi connectivity index (χ0v) is 17.1. The number of hydrogen-bond acceptors (Lipinski definition) is 7. The van der Waals surface area contributed by atoms with Gasteiger partial charge in [-0.3, -0.25) is 20.3 Å². The summed E-state index contributed by atoms with van der Waals surface area (Å²) in [6.45, 7) is 3.78. The fraction of sp³-hybridized carbons (Fsp3) is 0.941. The van der Waals surface area contributed by atoms with Crippen LogP contribution in [0.1, 0.15) is 39.0 Å². The molecule has 11 heteroatoms. The van der Waals surface area contributed by atoms with Gasteiger partial charge in [-0.2, -0.15) is 13.2 Å². The molecule has 0 radical (unpaired) electrons. The van der Waals surface area contributed by atoms with Gasteiger partial charge < -0.3 is 5.32 Å². The zero-order valence-electron chi connectivity index (χ0n) is 16.3. The summed E-state index contributed by atoms with van der Waals surface area (Å²) in [4.78, 5) is 14.7. The maximum absolute atomic E-state index is 12.9. The zero-order chi connectivity index (χ0) is 20.3. The molecule has 0 spiro atoms. The van der Waals surface area contributed by atoms with Crippen molar-refractivity contribution in [2.75, 3.05) is 20.3 Å². The second-order valence-corrected chi connectivity index (χ2v) is 9.44. The maximum atomic E-state index is 12.9. The van der Waals surface area contributed by atoms with E-state index in [0.717, 1.165) is 26.1 Å². The third-order valence-corrected chi connectivity index (χ3v) is 7.37. The standard InChI is InChI=1S/C17H31F3N6OS/c1-10(28-16-25-22-9-26(16)2)11-6-7-21-14(8-11)24-15(27)12-4-3-5-13(23-12)17(18,19)20/h10-14,16,21-23,25H,3-9H2,1-2H3,(H,24,27)/t10-,11?,12?,13?,14?,16?/m1/s1. The first-order valence-corrected chi connectivity index (χ1v) is 10.9. The van der Waals surface area contributed by atoms with Gasteiger partial charge in [0.05, 0.1) is 18.9 Å². The molecule has 0 aromatic carbocycles. The molecule has 0 bridgehead atoms. The molecular formula is C17H31F3N6OS. The number of amides is 1. The highest BCUT2D eigenvalue weighted by Crippen LogP contribution is 2.31. The molecule has 3 aliphatic rings. The van der Waals surface area contributed by atoms with Crippen molar-refractivity contribution in [1.82, 2.24) is 31.7 Å². The first kappa shape index (κ1) is 22.1. The second-order valence-electron chi connectivity index (χ2n) is 7.97. The monoisotopic (exact) mass is 424 g/mol. The van der Waals surface area contributed by atoms with Crippen LogP contribution in [-0.2, 0) is 4.79 Å². The summed E-state index contributed by atoms with van der Waals surface area (Å²) >= 11 is 1.85. The Morgan fingerprint density at radius 1 is 1.29 bits per heavy atom. The van der Waals surface area contributed by atoms with E-state index in [1.165, 1.54) is 0 Å². The van der Waals surface area contributed by atoms with E-state index in [4.69, 9.17) is 0 Å². The molecule has 28 heavy (non-hydrogen) atoms. The van der Waals surface area contributed by atoms with Gasteiger partial charge in [0.2, 0.25) is 5.91 Å². The number of alkyl halides is 3. The summed E-state index contributed by atoms with van der Waals surface area (Å²) in [5.74, 6) is 0.0865. The number of nitrogens with zero attached hydrogens (tertiary/aromatic N) is 1. The number of hydrazine groups is 1. The van der Waals surface area contributed by atoms with E-state index < -0.39 is 18.3 Å². The lowest BCUT2D eigenvalue weighted by Gasteiger charge is -2.37. The maximum Gasteiger partial charge on any atom is 0.403 e. The topological polar surface area (TPSA) is 80.5 Å². The van der Waals surface area contributed by atoms with Gasteiger partial charge >= 0.3 is 6.18 Å². The number of halogens is 3. The highest BCUT2D eigenvalue weighted by molar-refractivity contribution is 8.00. The van der Waals surface area contributed by atoms with Crippen molar-refractivity contribution in [3.05, 3.63) is 0 Å². The smallest absolute Gasteiger partial charge is 0.339 e. The van der Waals surface area contributed by atoms with E-state index in [-0.39, 0.29) is 24.0 Å². The van der Waals surface area contributed by atoms with Crippen LogP contribution in [0.15, 0.2) is 0 Å². The summed E-state index contributed by atoms with van der Waals surface area (Å²) in [5.41, 5.74) is 6.56. The molecule has 162 valence electrons. The fourth-order valence-electron chi connectivity index (χ4n) is 4.06. The Bertz CT molecular complexity index is 540. The van der Waals surface area contributed by atoms with Crippen molar-refractivity contribution in [2.24, 2.45) is 5.92 Å². The van der Waals surface area contributed by atoms with Crippen LogP contribution >= 0.6 is 11.8 Å². The van der Waals surface area contributed by atoms with Crippen molar-refractivity contribution in [2.45, 2.75) is 74.2 Å². The Morgan fingerprint density at radius 3 is 2.75 bits per heavy atom. The van der Waals surface area contributed by atoms with Crippen LogP contribution in [0.25, 0.3) is 0 Å². The summed E-state index contributed by atoms with van der Waals surface area (Å²) in [5, 5.41) is 9.08. The van der Waals surface area contributed by atoms with E-state index in [1.54, 1.807) is 0 Å². The Morgan fingerprint density at radius 2 is 2.07 bits per heavy atom. The first-order valence-electron chi connectivity index (χ1n) is 9.94. The minimum Gasteiger partial charge on any atom is -0.339 e. The summed E-state index contributed by atoms with van der Waals surface area (Å²) in [6, 6.07) is -2.37. The van der Waals surface area contributed by atoms with Crippen LogP contribution in [0.5, 0.6) is 0 Å². The van der Waals surface area contributed by atoms with Crippen molar-refractivity contribution in [3.8, 4) is 0 Å². The Balaban J connectivity index is 1.48. The molecule has 6 atom stereocenters. The molecule has 5 N–H and O–H groups in total. The van der Waals surface area contributed by atoms with E-state index >= 15 is 0 Å². The molecule has 0 aliphatic carbocycles. The average Bonchev–Trinajstić information content (AvgIpc) is 3.06. The molecule has 0 aromatic rings. The molecule has 3 fully saturated rings. The van der Waals surface area contributed by atoms with Crippen LogP contribution in [0.2, 0.25) is 0 Å². The van der Waals surface area contributed by atoms with Crippen LogP contribution in [0.3, 0.4) is 0 Å². The van der Waals surface area contributed by atoms with Gasteiger partial charge in [0.15, 0.2) is 0 Å². The summed E-state index contributed by atoms with van der Waals surface area (Å²) < 4.78 is 38.8. The second kappa shape index (κ2) is 9.48. The fourth-order valence-corrected chi connectivity index (χ4v) is 5.37. The minimum atomic E-state index is -4.31. The van der Waals surface area contributed by atoms with Gasteiger partial charge in [-0.15, -0.1) is 11.8 Å². The van der Waals surface area contributed by atoms with Crippen LogP contribution in [0.4, 0.5) is 13.2 Å². The summed E-state index contributed by atoms with van der Waals surface area (Å²) in [6.07, 6.45) is -1.84. The molecule has 5 unspecified atom stereocenters. The van der Waals surface area contributed by atoms with Crippen LogP contribution in [-0.4, -0.2) is 66.2 Å². The lowest BCUT2D eigenvalue weighted by Crippen LogP contribution is -2.59. The van der Waals surface area contributed by atoms with Crippen molar-refractivity contribution >= 4 is 17.7 Å². The van der Waals surface area contributed by atoms with E-state index in [2.05, 4.69) is 38.6 Å². The van der Waals surface area contributed by atoms with E-state index in [9.17, 15) is 18.0 Å². The Kier molecular flexibility index (Phi) is 7.48. The minimum absolute atomic E-state index is 0.0320. The third kappa shape index (κ3) is 5.73. The SMILES string of the molecule is C[C@@H](SC1NNCN1C)C1CCNC(NC(=O)C2CCCC(C(F)(F)F)N2)C1. The molecule has 1 amide bonds. The number of nitrogens with one attached hydrogen (secondary N) is 5. The number of rotatable bonds is 5. The average molecular weight is 425 g/mol. The number of carbonyl (C=O) groups is 1. The molecule has 3 rings (SSSR count). The Labute approximate surface area is 168 Å². The number of piperidine rings is 2. The van der Waals surface area contributed by atoms with Crippen molar-refractivity contribution < 1.29 is 18.0 Å². The van der Waals surface area contributed by atoms with Gasteiger partial charge in [-0.1, -0.05) is 6.92 Å². The van der Waals surface area contributed by atoms with Crippen LogP contribution < -0.4 is 26.8 Å². The van der Waals surface area contributed by atoms with Gasteiger partial charge in [-0.05, 0) is 51.6 Å². The van der Waals surface area contributed by atoms with Crippen molar-refractivity contribution in [1.29, 1.82) is 0 Å². The van der Waals surface area contributed by atoms with Gasteiger partial charge in [-0.25, -0.2) is 10.9 Å². The van der Waals surface area contributed by atoms with Crippen molar-refractivity contribution in [3.63, 3.8) is 0 Å². The summed E-state index contributed by atoms with van der Waals surface area (Å²) in [7, 11) is 2.05. The lowest BCUT2D eigenvalue weighted by molar-refractivity contribution is -0.164. The first-order chi connectivity index (χ1) is 13.2. The van der Waals surface area contributed by atoms with E-state index in [1.807, 2.05) is 18.8 Å². The highest BCUT2D eigenvalue weighted by Gasteiger charge is 2.43. The molecule has 3 aliphatic heterocycles. The van der Waals surface area contributed by atoms with E-state index in [0.29, 0.717) is 24.0 Å². The molecular weight excluding hydrogens is 393 g/mol. The predicted octanol–water partition coefficient (Wildman–Crippen LogP) is 0.904. The quantitative estimate of drug-likeness (QED) is 0.449. The molecule has 3 heterocycles. The lowest BCUT2D eigenvalue weighted by atomic mass is 9.92. The predicted molar refractivity (Wildman–Crippen MR) is 103 cm³/mol. The molecule has 0 aromatic heterocycles. The normalized spacial score (nSPS) is 36.2. The molecule has 7 nitrogen and oxygen atoms in total. The van der Waals surface area contributed by atoms with Crippen LogP contribution in [0, 0.1) is 5.92 Å². The third-order valence-electron chi connectivity index (χ3n) is 5.82. The number of carbonyl (C=O) groups excluding carboxylic acids is 1. The number of thioether (sulfide) groups is 1. The molecule has 3 saturated heterocycles. The molecule has 0 saturated carbocycles. The van der Waals surface area contributed by atoms with Gasteiger partial charge in [0, 0.05) is 5.25 Å². The van der Waals surface area contributed by atoms with Gasteiger partial charge in [0.25, 0.3) is 0 Å². The highest BCUT2D eigenvalue weighted by atomic mass is 32.2. The Hall–Kier alpha value is -0.590. The van der Waals surface area contributed by atoms with Gasteiger partial charge in [0.1, 0.15) is 11.5 Å². The largest absolute Gasteiger partial charge is 0.403 e.